The second kappa shape index (κ2) is 5.10. The Morgan fingerprint density at radius 3 is 2.30 bits per heavy atom. The van der Waals surface area contributed by atoms with E-state index < -0.39 is 17.6 Å². The van der Waals surface area contributed by atoms with Gasteiger partial charge in [0.15, 0.2) is 5.54 Å². The third-order valence-corrected chi connectivity index (χ3v) is 3.55. The molecule has 0 bridgehead atoms. The van der Waals surface area contributed by atoms with E-state index in [4.69, 9.17) is 5.73 Å². The third-order valence-electron chi connectivity index (χ3n) is 2.81. The van der Waals surface area contributed by atoms with E-state index in [1.165, 1.54) is 0 Å². The Balaban J connectivity index is 2.33. The number of alkyl halides is 3. The molecule has 0 fully saturated rings. The van der Waals surface area contributed by atoms with Gasteiger partial charge in [0.05, 0.1) is 0 Å². The first-order chi connectivity index (χ1) is 9.25. The van der Waals surface area contributed by atoms with Crippen molar-refractivity contribution in [2.45, 2.75) is 23.5 Å². The van der Waals surface area contributed by atoms with Gasteiger partial charge in [-0.25, -0.2) is 0 Å². The van der Waals surface area contributed by atoms with Crippen molar-refractivity contribution in [3.63, 3.8) is 0 Å². The van der Waals surface area contributed by atoms with Gasteiger partial charge in [-0.1, -0.05) is 5.16 Å². The largest absolute Gasteiger partial charge is 0.415 e. The Morgan fingerprint density at radius 1 is 1.20 bits per heavy atom. The third kappa shape index (κ3) is 2.66. The Labute approximate surface area is 117 Å². The number of rotatable bonds is 3. The van der Waals surface area contributed by atoms with Crippen molar-refractivity contribution in [3.8, 4) is 11.4 Å². The van der Waals surface area contributed by atoms with Crippen molar-refractivity contribution in [1.29, 1.82) is 0 Å². The van der Waals surface area contributed by atoms with Gasteiger partial charge in [0.2, 0.25) is 5.82 Å². The van der Waals surface area contributed by atoms with E-state index in [1.54, 1.807) is 23.9 Å². The zero-order valence-electron chi connectivity index (χ0n) is 10.7. The lowest BCUT2D eigenvalue weighted by Gasteiger charge is -2.22. The molecule has 0 aliphatic heterocycles. The summed E-state index contributed by atoms with van der Waals surface area (Å²) in [6.07, 6.45) is -2.75. The van der Waals surface area contributed by atoms with E-state index in [0.717, 1.165) is 11.8 Å². The van der Waals surface area contributed by atoms with Crippen LogP contribution in [0.2, 0.25) is 0 Å². The lowest BCUT2D eigenvalue weighted by molar-refractivity contribution is -0.190. The minimum atomic E-state index is -4.67. The van der Waals surface area contributed by atoms with Crippen LogP contribution in [0.25, 0.3) is 11.4 Å². The first-order valence-corrected chi connectivity index (χ1v) is 6.82. The molecule has 2 rings (SSSR count). The smallest absolute Gasteiger partial charge is 0.337 e. The summed E-state index contributed by atoms with van der Waals surface area (Å²) in [5.41, 5.74) is 3.12. The Kier molecular flexibility index (Phi) is 3.79. The van der Waals surface area contributed by atoms with Gasteiger partial charge in [0, 0.05) is 10.5 Å². The monoisotopic (exact) mass is 303 g/mol. The lowest BCUT2D eigenvalue weighted by Crippen LogP contribution is -2.47. The SMILES string of the molecule is CSc1ccc(-c2noc(C(C)(N)C(F)(F)F)n2)cc1. The lowest BCUT2D eigenvalue weighted by atomic mass is 10.0. The van der Waals surface area contributed by atoms with Crippen molar-refractivity contribution in [3.05, 3.63) is 30.2 Å². The fraction of sp³-hybridized carbons (Fsp3) is 0.333. The highest BCUT2D eigenvalue weighted by atomic mass is 32.2. The van der Waals surface area contributed by atoms with Crippen LogP contribution in [0.15, 0.2) is 33.7 Å². The summed E-state index contributed by atoms with van der Waals surface area (Å²) >= 11 is 1.55. The molecule has 2 aromatic rings. The standard InChI is InChI=1S/C12H12F3N3OS/c1-11(16,12(13,14)15)10-17-9(18-19-10)7-3-5-8(20-2)6-4-7/h3-6H,16H2,1-2H3. The van der Waals surface area contributed by atoms with Gasteiger partial charge < -0.3 is 10.3 Å². The van der Waals surface area contributed by atoms with Gasteiger partial charge >= 0.3 is 6.18 Å². The summed E-state index contributed by atoms with van der Waals surface area (Å²) in [5, 5.41) is 3.55. The van der Waals surface area contributed by atoms with Gasteiger partial charge in [0.1, 0.15) is 0 Å². The molecular formula is C12H12F3N3OS. The highest BCUT2D eigenvalue weighted by Crippen LogP contribution is 2.36. The van der Waals surface area contributed by atoms with E-state index >= 15 is 0 Å². The highest BCUT2D eigenvalue weighted by Gasteiger charge is 2.53. The summed E-state index contributed by atoms with van der Waals surface area (Å²) in [7, 11) is 0. The van der Waals surface area contributed by atoms with Crippen molar-refractivity contribution >= 4 is 11.8 Å². The van der Waals surface area contributed by atoms with Crippen LogP contribution in [0.4, 0.5) is 13.2 Å². The molecule has 20 heavy (non-hydrogen) atoms. The van der Waals surface area contributed by atoms with E-state index in [2.05, 4.69) is 14.7 Å². The molecule has 1 aromatic heterocycles. The highest BCUT2D eigenvalue weighted by molar-refractivity contribution is 7.98. The van der Waals surface area contributed by atoms with Crippen molar-refractivity contribution < 1.29 is 17.7 Å². The minimum absolute atomic E-state index is 0.0774. The van der Waals surface area contributed by atoms with Crippen LogP contribution in [0.3, 0.4) is 0 Å². The van der Waals surface area contributed by atoms with E-state index in [-0.39, 0.29) is 5.82 Å². The van der Waals surface area contributed by atoms with Crippen LogP contribution in [0.1, 0.15) is 12.8 Å². The fourth-order valence-corrected chi connectivity index (χ4v) is 1.82. The molecule has 0 radical (unpaired) electrons. The molecule has 1 unspecified atom stereocenters. The molecule has 4 nitrogen and oxygen atoms in total. The molecule has 1 aromatic carbocycles. The molecule has 0 saturated carbocycles. The quantitative estimate of drug-likeness (QED) is 0.882. The second-order valence-electron chi connectivity index (χ2n) is 4.35. The Hall–Kier alpha value is -1.54. The van der Waals surface area contributed by atoms with E-state index in [1.807, 2.05) is 18.4 Å². The number of benzene rings is 1. The van der Waals surface area contributed by atoms with Gasteiger partial charge in [-0.05, 0) is 37.4 Å². The van der Waals surface area contributed by atoms with Crippen molar-refractivity contribution in [2.24, 2.45) is 5.73 Å². The van der Waals surface area contributed by atoms with Crippen molar-refractivity contribution in [2.75, 3.05) is 6.26 Å². The number of aromatic nitrogens is 2. The summed E-state index contributed by atoms with van der Waals surface area (Å²) in [6.45, 7) is 0.793. The van der Waals surface area contributed by atoms with Gasteiger partial charge in [-0.15, -0.1) is 11.8 Å². The predicted molar refractivity (Wildman–Crippen MR) is 69.1 cm³/mol. The van der Waals surface area contributed by atoms with Crippen LogP contribution in [-0.4, -0.2) is 22.6 Å². The number of halogens is 3. The molecular weight excluding hydrogens is 291 g/mol. The Morgan fingerprint density at radius 2 is 1.80 bits per heavy atom. The molecule has 0 spiro atoms. The number of hydrogen-bond donors (Lipinski definition) is 1. The summed E-state index contributed by atoms with van der Waals surface area (Å²) in [4.78, 5) is 4.77. The zero-order chi connectivity index (χ0) is 15.0. The maximum atomic E-state index is 12.8. The minimum Gasteiger partial charge on any atom is -0.337 e. The Bertz CT molecular complexity index is 593. The molecule has 2 N–H and O–H groups in total. The van der Waals surface area contributed by atoms with Crippen LogP contribution in [-0.2, 0) is 5.54 Å². The number of thioether (sulfide) groups is 1. The van der Waals surface area contributed by atoms with E-state index in [9.17, 15) is 13.2 Å². The van der Waals surface area contributed by atoms with Crippen LogP contribution < -0.4 is 5.73 Å². The molecule has 0 aliphatic carbocycles. The van der Waals surface area contributed by atoms with Gasteiger partial charge in [-0.2, -0.15) is 18.2 Å². The normalized spacial score (nSPS) is 15.1. The number of nitrogens with zero attached hydrogens (tertiary/aromatic N) is 2. The first kappa shape index (κ1) is 14.9. The van der Waals surface area contributed by atoms with E-state index in [0.29, 0.717) is 5.56 Å². The summed E-state index contributed by atoms with van der Waals surface area (Å²) < 4.78 is 43.0. The maximum absolute atomic E-state index is 12.8. The molecule has 0 amide bonds. The van der Waals surface area contributed by atoms with Crippen LogP contribution in [0.5, 0.6) is 0 Å². The molecule has 8 heteroatoms. The molecule has 0 saturated heterocycles. The van der Waals surface area contributed by atoms with Gasteiger partial charge in [0.25, 0.3) is 5.89 Å². The first-order valence-electron chi connectivity index (χ1n) is 5.60. The molecule has 1 heterocycles. The van der Waals surface area contributed by atoms with Crippen LogP contribution >= 0.6 is 11.8 Å². The fourth-order valence-electron chi connectivity index (χ4n) is 1.41. The number of hydrogen-bond acceptors (Lipinski definition) is 5. The molecule has 0 aliphatic rings. The number of nitrogens with two attached hydrogens (primary N) is 1. The topological polar surface area (TPSA) is 64.9 Å². The summed E-state index contributed by atoms with van der Waals surface area (Å²) in [6, 6.07) is 7.06. The summed E-state index contributed by atoms with van der Waals surface area (Å²) in [5.74, 6) is -0.581. The maximum Gasteiger partial charge on any atom is 0.415 e. The zero-order valence-corrected chi connectivity index (χ0v) is 11.5. The van der Waals surface area contributed by atoms with Gasteiger partial charge in [-0.3, -0.25) is 0 Å². The molecule has 1 atom stereocenters. The van der Waals surface area contributed by atoms with Crippen LogP contribution in [0, 0.1) is 0 Å². The van der Waals surface area contributed by atoms with Crippen molar-refractivity contribution in [1.82, 2.24) is 10.1 Å². The average molecular weight is 303 g/mol. The second-order valence-corrected chi connectivity index (χ2v) is 5.23. The average Bonchev–Trinajstić information content (AvgIpc) is 2.87. The molecule has 108 valence electrons. The predicted octanol–water partition coefficient (Wildman–Crippen LogP) is 3.19.